The summed E-state index contributed by atoms with van der Waals surface area (Å²) in [4.78, 5) is 34.1. The first kappa shape index (κ1) is 31.4. The fourth-order valence-electron chi connectivity index (χ4n) is 9.70. The lowest BCUT2D eigenvalue weighted by atomic mass is 9.53. The van der Waals surface area contributed by atoms with Crippen LogP contribution in [0.15, 0.2) is 47.4 Å². The van der Waals surface area contributed by atoms with Crippen molar-refractivity contribution < 1.29 is 19.4 Å². The van der Waals surface area contributed by atoms with Crippen molar-refractivity contribution in [2.24, 2.45) is 17.3 Å². The van der Waals surface area contributed by atoms with E-state index in [-0.39, 0.29) is 23.3 Å². The van der Waals surface area contributed by atoms with E-state index in [0.717, 1.165) is 74.4 Å². The zero-order chi connectivity index (χ0) is 32.1. The Bertz CT molecular complexity index is 1520. The molecule has 6 atom stereocenters. The highest BCUT2D eigenvalue weighted by atomic mass is 32.2. The molecule has 8 heteroatoms. The summed E-state index contributed by atoms with van der Waals surface area (Å²) in [5.74, 6) is 5.64. The van der Waals surface area contributed by atoms with Gasteiger partial charge in [0.1, 0.15) is 17.4 Å². The number of nitrogens with zero attached hydrogens (tertiary/aromatic N) is 3. The van der Waals surface area contributed by atoms with Gasteiger partial charge in [0.15, 0.2) is 0 Å². The molecule has 0 unspecified atom stereocenters. The van der Waals surface area contributed by atoms with E-state index in [9.17, 15) is 14.7 Å². The second-order valence-electron chi connectivity index (χ2n) is 14.3. The lowest BCUT2D eigenvalue weighted by Crippen LogP contribution is -2.54. The Balaban J connectivity index is 1.02. The van der Waals surface area contributed by atoms with Gasteiger partial charge in [-0.1, -0.05) is 31.0 Å². The molecule has 1 N–H and O–H groups in total. The summed E-state index contributed by atoms with van der Waals surface area (Å²) in [6.07, 6.45) is 13.4. The molecule has 0 bridgehead atoms. The predicted molar refractivity (Wildman–Crippen MR) is 182 cm³/mol. The maximum atomic E-state index is 13.7. The second-order valence-corrected chi connectivity index (χ2v) is 15.3. The van der Waals surface area contributed by atoms with Crippen LogP contribution in [0.3, 0.4) is 0 Å². The Morgan fingerprint density at radius 1 is 1.04 bits per heavy atom. The number of amides is 2. The number of fused-ring (bicyclic) bond motifs is 5. The predicted octanol–water partition coefficient (Wildman–Crippen LogP) is 5.35. The van der Waals surface area contributed by atoms with Crippen LogP contribution in [0.2, 0.25) is 0 Å². The molecular formula is C38H47N3O4S. The second kappa shape index (κ2) is 12.5. The van der Waals surface area contributed by atoms with E-state index in [4.69, 9.17) is 11.2 Å². The van der Waals surface area contributed by atoms with Crippen LogP contribution < -0.4 is 9.64 Å². The molecule has 0 spiro atoms. The summed E-state index contributed by atoms with van der Waals surface area (Å²) < 4.78 is 5.96. The fraction of sp³-hybridized carbons (Fsp3) is 0.579. The van der Waals surface area contributed by atoms with Crippen LogP contribution >= 0.6 is 11.8 Å². The van der Waals surface area contributed by atoms with Gasteiger partial charge in [-0.3, -0.25) is 9.59 Å². The lowest BCUT2D eigenvalue weighted by Gasteiger charge is -2.52. The minimum absolute atomic E-state index is 0.0463. The van der Waals surface area contributed by atoms with E-state index in [1.807, 2.05) is 40.1 Å². The van der Waals surface area contributed by atoms with Crippen molar-refractivity contribution in [3.8, 4) is 18.1 Å². The molecule has 244 valence electrons. The number of piperazine rings is 1. The third-order valence-electron chi connectivity index (χ3n) is 12.3. The number of ether oxygens (including phenoxy) is 1. The van der Waals surface area contributed by atoms with Crippen molar-refractivity contribution in [1.29, 1.82) is 0 Å². The van der Waals surface area contributed by atoms with Crippen LogP contribution in [0.5, 0.6) is 5.75 Å². The summed E-state index contributed by atoms with van der Waals surface area (Å²) in [6.45, 7) is 5.62. The van der Waals surface area contributed by atoms with Crippen LogP contribution in [0.1, 0.15) is 68.9 Å². The van der Waals surface area contributed by atoms with Gasteiger partial charge in [-0.05, 0) is 105 Å². The van der Waals surface area contributed by atoms with Gasteiger partial charge >= 0.3 is 0 Å². The molecule has 7 nitrogen and oxygen atoms in total. The van der Waals surface area contributed by atoms with Crippen LogP contribution in [0, 0.1) is 29.6 Å². The molecule has 2 aromatic carbocycles. The van der Waals surface area contributed by atoms with Crippen molar-refractivity contribution in [3.63, 3.8) is 0 Å². The number of terminal acetylenes is 1. The molecular weight excluding hydrogens is 595 g/mol. The Hall–Kier alpha value is -3.15. The standard InChI is InChI=1S/C38H47N3O4S/c1-4-38(44)17-15-31-29-13-12-26-23-34(45-3)33(24-30(26)28(29)14-16-37(31,38)2)39-19-21-40(22-20-39)36(43)32-11-8-18-41(32)35(42)25-46-27-9-6-5-7-10-27/h1,5-7,9-10,23-24,28-29,31-32,44H,8,11-22,25H2,2-3H3/t28-,29+,31-,32-,37-,38+/m0/s1. The van der Waals surface area contributed by atoms with Gasteiger partial charge in [0.05, 0.1) is 18.6 Å². The molecule has 2 aliphatic heterocycles. The zero-order valence-electron chi connectivity index (χ0n) is 27.2. The molecule has 0 radical (unpaired) electrons. The van der Waals surface area contributed by atoms with E-state index in [2.05, 4.69) is 29.9 Å². The van der Waals surface area contributed by atoms with Crippen molar-refractivity contribution in [3.05, 3.63) is 53.6 Å². The third kappa shape index (κ3) is 5.28. The molecule has 0 aromatic heterocycles. The highest BCUT2D eigenvalue weighted by Crippen LogP contribution is 2.64. The number of rotatable bonds is 6. The molecule has 5 aliphatic rings. The molecule has 4 fully saturated rings. The average Bonchev–Trinajstić information content (AvgIpc) is 3.69. The smallest absolute Gasteiger partial charge is 0.245 e. The number of likely N-dealkylation sites (tertiary alicyclic amines) is 1. The van der Waals surface area contributed by atoms with Crippen LogP contribution in [-0.4, -0.2) is 84.0 Å². The van der Waals surface area contributed by atoms with Crippen molar-refractivity contribution in [1.82, 2.24) is 9.80 Å². The maximum Gasteiger partial charge on any atom is 0.245 e. The summed E-state index contributed by atoms with van der Waals surface area (Å²) >= 11 is 1.53. The number of aryl methyl sites for hydroxylation is 1. The number of anilines is 1. The largest absolute Gasteiger partial charge is 0.495 e. The Morgan fingerprint density at radius 2 is 1.83 bits per heavy atom. The third-order valence-corrected chi connectivity index (χ3v) is 13.3. The quantitative estimate of drug-likeness (QED) is 0.339. The monoisotopic (exact) mass is 641 g/mol. The topological polar surface area (TPSA) is 73.3 Å². The Labute approximate surface area is 278 Å². The van der Waals surface area contributed by atoms with Gasteiger partial charge in [-0.25, -0.2) is 0 Å². The molecule has 2 amide bonds. The van der Waals surface area contributed by atoms with Crippen molar-refractivity contribution in [2.45, 2.75) is 80.7 Å². The van der Waals surface area contributed by atoms with Crippen LogP contribution in [0.25, 0.3) is 0 Å². The molecule has 46 heavy (non-hydrogen) atoms. The minimum Gasteiger partial charge on any atom is -0.495 e. The molecule has 7 rings (SSSR count). The van der Waals surface area contributed by atoms with E-state index in [1.165, 1.54) is 22.9 Å². The summed E-state index contributed by atoms with van der Waals surface area (Å²) in [7, 11) is 1.75. The highest BCUT2D eigenvalue weighted by molar-refractivity contribution is 8.00. The number of carbonyl (C=O) groups is 2. The van der Waals surface area contributed by atoms with E-state index < -0.39 is 5.60 Å². The number of thioether (sulfide) groups is 1. The van der Waals surface area contributed by atoms with Gasteiger partial charge in [-0.15, -0.1) is 18.2 Å². The minimum atomic E-state index is -0.991. The first-order valence-corrected chi connectivity index (χ1v) is 18.2. The van der Waals surface area contributed by atoms with E-state index in [1.54, 1.807) is 7.11 Å². The normalized spacial score (nSPS) is 31.9. The highest BCUT2D eigenvalue weighted by Gasteiger charge is 2.61. The fourth-order valence-corrected chi connectivity index (χ4v) is 10.5. The number of hydrogen-bond donors (Lipinski definition) is 1. The van der Waals surface area contributed by atoms with Crippen LogP contribution in [-0.2, 0) is 16.0 Å². The SMILES string of the molecule is C#C[C@@]1(O)CC[C@H]2[C@@H]3CCc4cc(OC)c(N5CCN(C(=O)[C@@H]6CCCN6C(=O)CSc6ccccc6)CC5)cc4[C@H]3CC[C@@]21C. The zero-order valence-corrected chi connectivity index (χ0v) is 28.1. The van der Waals surface area contributed by atoms with Gasteiger partial charge in [0, 0.05) is 43.0 Å². The van der Waals surface area contributed by atoms with Gasteiger partial charge in [0.2, 0.25) is 11.8 Å². The number of methoxy groups -OCH3 is 1. The number of hydrogen-bond acceptors (Lipinski definition) is 6. The Morgan fingerprint density at radius 3 is 2.57 bits per heavy atom. The van der Waals surface area contributed by atoms with E-state index >= 15 is 0 Å². The Kier molecular flexibility index (Phi) is 8.52. The molecule has 3 aliphatic carbocycles. The van der Waals surface area contributed by atoms with Crippen molar-refractivity contribution >= 4 is 29.3 Å². The number of carbonyl (C=O) groups excluding carboxylic acids is 2. The molecule has 2 saturated carbocycles. The van der Waals surface area contributed by atoms with Gasteiger partial charge < -0.3 is 24.5 Å². The summed E-state index contributed by atoms with van der Waals surface area (Å²) in [6, 6.07) is 14.2. The average molecular weight is 642 g/mol. The van der Waals surface area contributed by atoms with Gasteiger partial charge in [-0.2, -0.15) is 0 Å². The molecule has 2 saturated heterocycles. The first-order chi connectivity index (χ1) is 22.3. The summed E-state index contributed by atoms with van der Waals surface area (Å²) in [5, 5.41) is 11.4. The number of benzene rings is 2. The first-order valence-electron chi connectivity index (χ1n) is 17.2. The maximum absolute atomic E-state index is 13.7. The molecule has 2 heterocycles. The lowest BCUT2D eigenvalue weighted by molar-refractivity contribution is -0.142. The van der Waals surface area contributed by atoms with Crippen molar-refractivity contribution in [2.75, 3.05) is 50.5 Å². The number of aliphatic hydroxyl groups is 1. The van der Waals surface area contributed by atoms with Crippen LogP contribution in [0.4, 0.5) is 5.69 Å². The summed E-state index contributed by atoms with van der Waals surface area (Å²) in [5.41, 5.74) is 2.75. The molecule has 2 aromatic rings. The van der Waals surface area contributed by atoms with E-state index in [0.29, 0.717) is 49.6 Å². The van der Waals surface area contributed by atoms with Gasteiger partial charge in [0.25, 0.3) is 0 Å².